The number of aromatic nitrogens is 3. The third-order valence-electron chi connectivity index (χ3n) is 2.66. The van der Waals surface area contributed by atoms with Crippen LogP contribution in [0.3, 0.4) is 0 Å². The van der Waals surface area contributed by atoms with Gasteiger partial charge in [0.25, 0.3) is 5.56 Å². The predicted octanol–water partition coefficient (Wildman–Crippen LogP) is 1.01. The Morgan fingerprint density at radius 3 is 2.59 bits per heavy atom. The van der Waals surface area contributed by atoms with Gasteiger partial charge in [-0.25, -0.2) is 9.36 Å². The van der Waals surface area contributed by atoms with Crippen LogP contribution < -0.4 is 11.2 Å². The molecule has 17 heavy (non-hydrogen) atoms. The predicted molar refractivity (Wildman–Crippen MR) is 64.5 cm³/mol. The molecule has 3 aromatic rings. The summed E-state index contributed by atoms with van der Waals surface area (Å²) in [7, 11) is 0. The number of benzene rings is 1. The third kappa shape index (κ3) is 1.40. The lowest BCUT2D eigenvalue weighted by Gasteiger charge is -2.04. The minimum atomic E-state index is -0.445. The molecule has 0 fully saturated rings. The Balaban J connectivity index is 2.47. The van der Waals surface area contributed by atoms with Crippen LogP contribution in [0.5, 0.6) is 0 Å². The van der Waals surface area contributed by atoms with Gasteiger partial charge in [-0.1, -0.05) is 12.1 Å². The molecule has 3 rings (SSSR count). The van der Waals surface area contributed by atoms with E-state index >= 15 is 0 Å². The maximum absolute atomic E-state index is 11.7. The van der Waals surface area contributed by atoms with Crippen LogP contribution in [0.15, 0.2) is 52.3 Å². The van der Waals surface area contributed by atoms with Gasteiger partial charge in [0, 0.05) is 23.8 Å². The van der Waals surface area contributed by atoms with Crippen LogP contribution in [-0.2, 0) is 0 Å². The minimum absolute atomic E-state index is 0.351. The van der Waals surface area contributed by atoms with E-state index in [4.69, 9.17) is 0 Å². The molecule has 84 valence electrons. The number of hydrogen-bond acceptors (Lipinski definition) is 2. The largest absolute Gasteiger partial charge is 0.359 e. The van der Waals surface area contributed by atoms with E-state index < -0.39 is 5.69 Å². The lowest BCUT2D eigenvalue weighted by molar-refractivity contribution is 0.880. The Bertz CT molecular complexity index is 767. The number of nitrogens with zero attached hydrogens (tertiary/aromatic N) is 1. The number of nitrogens with one attached hydrogen (secondary N) is 2. The summed E-state index contributed by atoms with van der Waals surface area (Å²) >= 11 is 0. The van der Waals surface area contributed by atoms with Crippen molar-refractivity contribution in [2.24, 2.45) is 0 Å². The lowest BCUT2D eigenvalue weighted by Crippen LogP contribution is -2.32. The second-order valence-electron chi connectivity index (χ2n) is 3.68. The number of para-hydroxylation sites is 1. The summed E-state index contributed by atoms with van der Waals surface area (Å²) in [5.74, 6) is 0. The van der Waals surface area contributed by atoms with Crippen molar-refractivity contribution in [1.82, 2.24) is 14.5 Å². The fourth-order valence-corrected chi connectivity index (χ4v) is 1.91. The van der Waals surface area contributed by atoms with Crippen LogP contribution in [-0.4, -0.2) is 14.5 Å². The van der Waals surface area contributed by atoms with Crippen molar-refractivity contribution in [2.75, 3.05) is 0 Å². The molecule has 5 heteroatoms. The number of H-pyrrole nitrogens is 2. The van der Waals surface area contributed by atoms with Gasteiger partial charge < -0.3 is 9.97 Å². The van der Waals surface area contributed by atoms with Gasteiger partial charge in [-0.15, -0.1) is 0 Å². The van der Waals surface area contributed by atoms with Crippen molar-refractivity contribution in [3.63, 3.8) is 0 Å². The zero-order chi connectivity index (χ0) is 11.8. The molecule has 5 nitrogen and oxygen atoms in total. The average Bonchev–Trinajstić information content (AvgIpc) is 2.77. The normalized spacial score (nSPS) is 10.8. The van der Waals surface area contributed by atoms with E-state index in [1.54, 1.807) is 12.3 Å². The summed E-state index contributed by atoms with van der Waals surface area (Å²) < 4.78 is 1.11. The molecule has 0 spiro atoms. The van der Waals surface area contributed by atoms with Gasteiger partial charge in [-0.3, -0.25) is 4.79 Å². The fraction of sp³-hybridized carbons (Fsp3) is 0. The molecule has 0 unspecified atom stereocenters. The molecule has 2 N–H and O–H groups in total. The summed E-state index contributed by atoms with van der Waals surface area (Å²) in [5, 5.41) is 0.956. The minimum Gasteiger partial charge on any atom is -0.359 e. The summed E-state index contributed by atoms with van der Waals surface area (Å²) in [5.41, 5.74) is 0.529. The number of fused-ring (bicyclic) bond motifs is 1. The Morgan fingerprint density at radius 2 is 1.76 bits per heavy atom. The molecular formula is C12H9N3O2. The van der Waals surface area contributed by atoms with E-state index in [0.717, 1.165) is 15.5 Å². The first kappa shape index (κ1) is 9.65. The van der Waals surface area contributed by atoms with Crippen LogP contribution in [0.25, 0.3) is 16.6 Å². The monoisotopic (exact) mass is 227 g/mol. The molecule has 2 aromatic heterocycles. The molecular weight excluding hydrogens is 218 g/mol. The second-order valence-corrected chi connectivity index (χ2v) is 3.68. The summed E-state index contributed by atoms with van der Waals surface area (Å²) in [6.07, 6.45) is 3.12. The summed E-state index contributed by atoms with van der Waals surface area (Å²) in [6, 6.07) is 8.67. The second kappa shape index (κ2) is 3.48. The first-order chi connectivity index (χ1) is 8.27. The van der Waals surface area contributed by atoms with Gasteiger partial charge in [0.05, 0.1) is 11.2 Å². The van der Waals surface area contributed by atoms with E-state index in [1.807, 2.05) is 18.2 Å². The van der Waals surface area contributed by atoms with Crippen LogP contribution in [0.4, 0.5) is 0 Å². The smallest absolute Gasteiger partial charge is 0.333 e. The molecule has 0 aliphatic rings. The van der Waals surface area contributed by atoms with Crippen molar-refractivity contribution >= 4 is 10.9 Å². The van der Waals surface area contributed by atoms with Crippen molar-refractivity contribution in [2.45, 2.75) is 0 Å². The van der Waals surface area contributed by atoms with Crippen molar-refractivity contribution < 1.29 is 0 Å². The Kier molecular flexibility index (Phi) is 1.98. The van der Waals surface area contributed by atoms with Crippen molar-refractivity contribution in [1.29, 1.82) is 0 Å². The maximum Gasteiger partial charge on any atom is 0.333 e. The van der Waals surface area contributed by atoms with E-state index in [2.05, 4.69) is 9.97 Å². The zero-order valence-corrected chi connectivity index (χ0v) is 8.81. The number of rotatable bonds is 1. The van der Waals surface area contributed by atoms with Crippen LogP contribution in [0.2, 0.25) is 0 Å². The van der Waals surface area contributed by atoms with E-state index in [1.165, 1.54) is 12.3 Å². The Hall–Kier alpha value is -2.56. The van der Waals surface area contributed by atoms with Gasteiger partial charge in [-0.2, -0.15) is 0 Å². The first-order valence-electron chi connectivity index (χ1n) is 5.14. The summed E-state index contributed by atoms with van der Waals surface area (Å²) in [6.45, 7) is 0. The van der Waals surface area contributed by atoms with Crippen LogP contribution >= 0.6 is 0 Å². The van der Waals surface area contributed by atoms with Gasteiger partial charge in [0.15, 0.2) is 0 Å². The van der Waals surface area contributed by atoms with Crippen molar-refractivity contribution in [3.05, 3.63) is 63.6 Å². The van der Waals surface area contributed by atoms with Crippen molar-refractivity contribution in [3.8, 4) is 5.69 Å². The molecule has 0 saturated heterocycles. The number of aromatic amines is 2. The first-order valence-corrected chi connectivity index (χ1v) is 5.14. The topological polar surface area (TPSA) is 70.7 Å². The van der Waals surface area contributed by atoms with Gasteiger partial charge in [0.2, 0.25) is 0 Å². The van der Waals surface area contributed by atoms with E-state index in [9.17, 15) is 9.59 Å². The Labute approximate surface area is 95.4 Å². The quantitative estimate of drug-likeness (QED) is 0.651. The highest BCUT2D eigenvalue weighted by atomic mass is 16.2. The maximum atomic E-state index is 11.7. The fourth-order valence-electron chi connectivity index (χ4n) is 1.91. The molecule has 0 saturated carbocycles. The average molecular weight is 227 g/mol. The van der Waals surface area contributed by atoms with Gasteiger partial charge in [0.1, 0.15) is 0 Å². The highest BCUT2D eigenvalue weighted by Crippen LogP contribution is 2.18. The molecule has 0 radical (unpaired) electrons. The van der Waals surface area contributed by atoms with E-state index in [-0.39, 0.29) is 5.56 Å². The highest BCUT2D eigenvalue weighted by Gasteiger charge is 2.07. The van der Waals surface area contributed by atoms with Crippen LogP contribution in [0.1, 0.15) is 0 Å². The molecule has 2 heterocycles. The molecule has 0 atom stereocenters. The third-order valence-corrected chi connectivity index (χ3v) is 2.66. The molecule has 0 aliphatic carbocycles. The zero-order valence-electron chi connectivity index (χ0n) is 8.81. The summed E-state index contributed by atoms with van der Waals surface area (Å²) in [4.78, 5) is 29.0. The number of hydrogen-bond donors (Lipinski definition) is 2. The van der Waals surface area contributed by atoms with E-state index in [0.29, 0.717) is 5.69 Å². The molecule has 0 aliphatic heterocycles. The van der Waals surface area contributed by atoms with Crippen LogP contribution in [0, 0.1) is 0 Å². The SMILES string of the molecule is O=c1cc[nH]c(=O)n1-c1cccc2cc[nH]c12. The van der Waals surface area contributed by atoms with Gasteiger partial charge >= 0.3 is 5.69 Å². The lowest BCUT2D eigenvalue weighted by atomic mass is 10.2. The van der Waals surface area contributed by atoms with Gasteiger partial charge in [-0.05, 0) is 12.1 Å². The molecule has 1 aromatic carbocycles. The molecule has 0 amide bonds. The standard InChI is InChI=1S/C12H9N3O2/c16-10-5-7-14-12(17)15(10)9-3-1-2-8-4-6-13-11(8)9/h1-7,13H,(H,14,17). The Morgan fingerprint density at radius 1 is 0.941 bits per heavy atom. The molecule has 0 bridgehead atoms. The highest BCUT2D eigenvalue weighted by molar-refractivity contribution is 5.86.